The minimum Gasteiger partial charge on any atom is -0.462 e. The van der Waals surface area contributed by atoms with Crippen LogP contribution in [0.2, 0.25) is 0 Å². The van der Waals surface area contributed by atoms with Gasteiger partial charge >= 0.3 is 17.9 Å². The van der Waals surface area contributed by atoms with E-state index in [4.69, 9.17) is 19.0 Å². The highest BCUT2D eigenvalue weighted by molar-refractivity contribution is 5.87. The van der Waals surface area contributed by atoms with E-state index in [1.54, 1.807) is 6.92 Å². The van der Waals surface area contributed by atoms with Gasteiger partial charge in [-0.25, -0.2) is 4.79 Å². The van der Waals surface area contributed by atoms with E-state index in [-0.39, 0.29) is 30.5 Å². The Morgan fingerprint density at radius 2 is 2.00 bits per heavy atom. The number of hydrogen-bond acceptors (Lipinski definition) is 7. The van der Waals surface area contributed by atoms with Crippen LogP contribution in [0.4, 0.5) is 0 Å². The van der Waals surface area contributed by atoms with E-state index in [1.165, 1.54) is 6.92 Å². The maximum Gasteiger partial charge on any atom is 0.333 e. The Balaban J connectivity index is 0.00000127. The van der Waals surface area contributed by atoms with Crippen molar-refractivity contribution in [2.75, 3.05) is 6.61 Å². The quantitative estimate of drug-likeness (QED) is 0.427. The van der Waals surface area contributed by atoms with Gasteiger partial charge in [-0.05, 0) is 26.7 Å². The molecule has 7 heteroatoms. The van der Waals surface area contributed by atoms with Gasteiger partial charge in [-0.1, -0.05) is 6.58 Å². The van der Waals surface area contributed by atoms with Crippen molar-refractivity contribution < 1.29 is 33.4 Å². The molecule has 2 rings (SSSR count). The Kier molecular flexibility index (Phi) is 6.48. The lowest BCUT2D eigenvalue weighted by Gasteiger charge is -2.34. The summed E-state index contributed by atoms with van der Waals surface area (Å²) in [7, 11) is 0. The molecule has 0 aromatic heterocycles. The second-order valence-electron chi connectivity index (χ2n) is 5.86. The van der Waals surface area contributed by atoms with E-state index in [9.17, 15) is 14.4 Å². The van der Waals surface area contributed by atoms with Gasteiger partial charge in [0.2, 0.25) is 0 Å². The summed E-state index contributed by atoms with van der Waals surface area (Å²) in [5.41, 5.74) is -0.434. The Hall–Kier alpha value is -2.18. The maximum atomic E-state index is 11.8. The molecule has 0 amide bonds. The molecular formula is C16H22O7. The Bertz CT molecular complexity index is 499. The van der Waals surface area contributed by atoms with Gasteiger partial charge in [-0.3, -0.25) is 9.59 Å². The largest absolute Gasteiger partial charge is 0.462 e. The number of esters is 3. The van der Waals surface area contributed by atoms with Crippen LogP contribution in [0, 0.1) is 5.92 Å². The van der Waals surface area contributed by atoms with Gasteiger partial charge in [0.05, 0.1) is 12.3 Å². The van der Waals surface area contributed by atoms with Crippen LogP contribution in [0.5, 0.6) is 0 Å². The van der Waals surface area contributed by atoms with Crippen molar-refractivity contribution in [2.45, 2.75) is 51.2 Å². The Morgan fingerprint density at radius 3 is 2.61 bits per heavy atom. The van der Waals surface area contributed by atoms with Gasteiger partial charge in [0.1, 0.15) is 25.1 Å². The average molecular weight is 326 g/mol. The maximum absolute atomic E-state index is 11.8. The van der Waals surface area contributed by atoms with Gasteiger partial charge in [-0.15, -0.1) is 0 Å². The number of ether oxygens (including phenoxy) is 3. The van der Waals surface area contributed by atoms with Crippen molar-refractivity contribution in [3.63, 3.8) is 0 Å². The lowest BCUT2D eigenvalue weighted by Crippen LogP contribution is -2.44. The monoisotopic (exact) mass is 326 g/mol. The molecular weight excluding hydrogens is 304 g/mol. The molecule has 23 heavy (non-hydrogen) atoms. The van der Waals surface area contributed by atoms with Gasteiger partial charge in [0.25, 0.3) is 0 Å². The molecule has 128 valence electrons. The van der Waals surface area contributed by atoms with Gasteiger partial charge in [0, 0.05) is 12.0 Å². The van der Waals surface area contributed by atoms with E-state index in [0.29, 0.717) is 19.3 Å². The summed E-state index contributed by atoms with van der Waals surface area (Å²) in [5, 5.41) is 0. The van der Waals surface area contributed by atoms with Crippen molar-refractivity contribution in [2.24, 2.45) is 5.92 Å². The number of rotatable bonds is 5. The Morgan fingerprint density at radius 1 is 1.35 bits per heavy atom. The fourth-order valence-corrected chi connectivity index (χ4v) is 2.75. The highest BCUT2D eigenvalue weighted by Crippen LogP contribution is 2.43. The molecule has 2 bridgehead atoms. The molecule has 2 aliphatic rings. The summed E-state index contributed by atoms with van der Waals surface area (Å²) in [6.45, 7) is 8.73. The lowest BCUT2D eigenvalue weighted by atomic mass is 9.80. The molecule has 3 atom stereocenters. The zero-order chi connectivity index (χ0) is 17.6. The fraction of sp³-hybridized carbons (Fsp3) is 0.625. The first-order valence-electron chi connectivity index (χ1n) is 7.35. The average Bonchev–Trinajstić information content (AvgIpc) is 2.74. The molecule has 0 aromatic rings. The van der Waals surface area contributed by atoms with Crippen molar-refractivity contribution in [3.05, 3.63) is 12.2 Å². The smallest absolute Gasteiger partial charge is 0.333 e. The number of carbonyl (C=O) groups is 4. The first kappa shape index (κ1) is 18.9. The van der Waals surface area contributed by atoms with Crippen LogP contribution < -0.4 is 0 Å². The van der Waals surface area contributed by atoms with Crippen LogP contribution in [0.15, 0.2) is 12.2 Å². The van der Waals surface area contributed by atoms with Crippen molar-refractivity contribution in [1.29, 1.82) is 0 Å². The second-order valence-corrected chi connectivity index (χ2v) is 5.86. The first-order valence-corrected chi connectivity index (χ1v) is 7.35. The molecule has 1 saturated heterocycles. The third kappa shape index (κ3) is 4.64. The van der Waals surface area contributed by atoms with Crippen molar-refractivity contribution >= 4 is 24.7 Å². The molecule has 2 fully saturated rings. The first-order chi connectivity index (χ1) is 10.8. The summed E-state index contributed by atoms with van der Waals surface area (Å²) >= 11 is 0. The van der Waals surface area contributed by atoms with Gasteiger partial charge in [-0.2, -0.15) is 0 Å². The third-order valence-electron chi connectivity index (χ3n) is 3.94. The summed E-state index contributed by atoms with van der Waals surface area (Å²) in [6.07, 6.45) is 1.43. The molecule has 0 N–H and O–H groups in total. The van der Waals surface area contributed by atoms with Gasteiger partial charge in [0.15, 0.2) is 0 Å². The molecule has 7 nitrogen and oxygen atoms in total. The normalized spacial score (nSPS) is 28.0. The molecule has 1 aliphatic carbocycles. The van der Waals surface area contributed by atoms with Crippen LogP contribution in [-0.4, -0.2) is 43.0 Å². The van der Waals surface area contributed by atoms with Crippen LogP contribution >= 0.6 is 0 Å². The summed E-state index contributed by atoms with van der Waals surface area (Å²) in [6, 6.07) is 0. The molecule has 0 aromatic carbocycles. The van der Waals surface area contributed by atoms with E-state index in [1.807, 2.05) is 6.79 Å². The van der Waals surface area contributed by atoms with Crippen molar-refractivity contribution in [1.82, 2.24) is 0 Å². The van der Waals surface area contributed by atoms with E-state index in [2.05, 4.69) is 6.58 Å². The number of fused-ring (bicyclic) bond motifs is 2. The van der Waals surface area contributed by atoms with Crippen molar-refractivity contribution in [3.8, 4) is 0 Å². The number of carbonyl (C=O) groups excluding carboxylic acids is 4. The molecule has 0 radical (unpaired) electrons. The third-order valence-corrected chi connectivity index (χ3v) is 3.94. The lowest BCUT2D eigenvalue weighted by molar-refractivity contribution is -0.174. The predicted octanol–water partition coefficient (Wildman–Crippen LogP) is 1.34. The van der Waals surface area contributed by atoms with Crippen LogP contribution in [0.3, 0.4) is 0 Å². The zero-order valence-corrected chi connectivity index (χ0v) is 13.5. The van der Waals surface area contributed by atoms with E-state index >= 15 is 0 Å². The van der Waals surface area contributed by atoms with E-state index in [0.717, 1.165) is 0 Å². The SMILES string of the molecule is C=C(C)C(=O)OCCC(=O)OC1CCC2CC1(C)OC2=O.C=O. The van der Waals surface area contributed by atoms with Gasteiger partial charge < -0.3 is 19.0 Å². The molecule has 1 heterocycles. The molecule has 0 spiro atoms. The highest BCUT2D eigenvalue weighted by atomic mass is 16.6. The number of hydrogen-bond donors (Lipinski definition) is 0. The van der Waals surface area contributed by atoms with Crippen LogP contribution in [0.1, 0.15) is 39.5 Å². The zero-order valence-electron chi connectivity index (χ0n) is 13.5. The molecule has 3 unspecified atom stereocenters. The second kappa shape index (κ2) is 7.89. The summed E-state index contributed by atoms with van der Waals surface area (Å²) in [4.78, 5) is 42.5. The van der Waals surface area contributed by atoms with Crippen LogP contribution in [-0.2, 0) is 33.4 Å². The summed E-state index contributed by atoms with van der Waals surface area (Å²) < 4.78 is 15.6. The highest BCUT2D eigenvalue weighted by Gasteiger charge is 2.53. The minimum atomic E-state index is -0.718. The van der Waals surface area contributed by atoms with Crippen LogP contribution in [0.25, 0.3) is 0 Å². The Labute approximate surface area is 135 Å². The standard InChI is InChI=1S/C15H20O6.CH2O/c1-9(2)13(17)19-7-6-12(16)20-11-5-4-10-8-15(11,3)21-14(10)18;1-2/h10-11H,1,4-8H2,2-3H3;1H2. The molecule has 1 aliphatic heterocycles. The minimum absolute atomic E-state index is 0.0248. The fourth-order valence-electron chi connectivity index (χ4n) is 2.75. The summed E-state index contributed by atoms with van der Waals surface area (Å²) in [5.74, 6) is -1.26. The predicted molar refractivity (Wildman–Crippen MR) is 79.2 cm³/mol. The van der Waals surface area contributed by atoms with E-state index < -0.39 is 23.6 Å². The molecule has 1 saturated carbocycles. The topological polar surface area (TPSA) is 96.0 Å².